The second kappa shape index (κ2) is 10.3. The van der Waals surface area contributed by atoms with Gasteiger partial charge in [0.25, 0.3) is 0 Å². The molecule has 192 valence electrons. The molecule has 1 aliphatic heterocycles. The van der Waals surface area contributed by atoms with Crippen LogP contribution in [0.2, 0.25) is 0 Å². The number of amides is 2. The number of likely N-dealkylation sites (N-methyl/N-ethyl adjacent to an activating group) is 2. The lowest BCUT2D eigenvalue weighted by atomic mass is 9.69. The molecule has 0 aromatic carbocycles. The van der Waals surface area contributed by atoms with Crippen LogP contribution in [0.1, 0.15) is 96.7 Å². The highest BCUT2D eigenvalue weighted by molar-refractivity contribution is 5.86. The monoisotopic (exact) mass is 475 g/mol. The Kier molecular flexibility index (Phi) is 8.00. The maximum Gasteiger partial charge on any atom is 0.410 e. The van der Waals surface area contributed by atoms with Crippen molar-refractivity contribution >= 4 is 12.0 Å². The number of rotatable bonds is 8. The smallest absolute Gasteiger partial charge is 0.410 e. The van der Waals surface area contributed by atoms with Crippen molar-refractivity contribution < 1.29 is 14.3 Å². The number of aromatic amines is 1. The number of carbonyl (C=O) groups excluding carboxylic acids is 2. The maximum absolute atomic E-state index is 12.8. The summed E-state index contributed by atoms with van der Waals surface area (Å²) in [5.74, 6) is 0.675. The molecule has 0 atom stereocenters. The van der Waals surface area contributed by atoms with Gasteiger partial charge in [-0.15, -0.1) is 0 Å². The predicted octanol–water partition coefficient (Wildman–Crippen LogP) is 4.43. The van der Waals surface area contributed by atoms with Gasteiger partial charge in [-0.2, -0.15) is 5.10 Å². The first-order chi connectivity index (χ1) is 15.9. The van der Waals surface area contributed by atoms with Crippen LogP contribution in [0.3, 0.4) is 0 Å². The molecule has 1 spiro atoms. The summed E-state index contributed by atoms with van der Waals surface area (Å²) in [6, 6.07) is 0. The van der Waals surface area contributed by atoms with Crippen LogP contribution in [0, 0.1) is 5.41 Å². The van der Waals surface area contributed by atoms with Crippen LogP contribution in [0.25, 0.3) is 0 Å². The number of aromatic nitrogens is 2. The molecule has 8 heteroatoms. The van der Waals surface area contributed by atoms with E-state index in [2.05, 4.69) is 41.3 Å². The highest BCUT2D eigenvalue weighted by Gasteiger charge is 2.53. The largest absolute Gasteiger partial charge is 0.444 e. The molecule has 34 heavy (non-hydrogen) atoms. The second-order valence-corrected chi connectivity index (χ2v) is 11.6. The van der Waals surface area contributed by atoms with Crippen LogP contribution in [0.15, 0.2) is 6.20 Å². The first-order valence-corrected chi connectivity index (χ1v) is 12.9. The fourth-order valence-corrected chi connectivity index (χ4v) is 5.64. The quantitative estimate of drug-likeness (QED) is 0.580. The van der Waals surface area contributed by atoms with Crippen LogP contribution in [0.4, 0.5) is 4.79 Å². The van der Waals surface area contributed by atoms with Crippen molar-refractivity contribution in [1.29, 1.82) is 0 Å². The predicted molar refractivity (Wildman–Crippen MR) is 134 cm³/mol. The third-order valence-corrected chi connectivity index (χ3v) is 7.94. The van der Waals surface area contributed by atoms with Crippen molar-refractivity contribution in [3.8, 4) is 0 Å². The lowest BCUT2D eigenvalue weighted by molar-refractivity contribution is -0.128. The van der Waals surface area contributed by atoms with E-state index in [9.17, 15) is 9.59 Å². The average Bonchev–Trinajstić information content (AvgIpc) is 3.33. The molecule has 2 fully saturated rings. The number of ether oxygens (including phenoxy) is 1. The Labute approximate surface area is 205 Å². The molecule has 2 N–H and O–H groups in total. The van der Waals surface area contributed by atoms with Gasteiger partial charge in [0, 0.05) is 49.9 Å². The van der Waals surface area contributed by atoms with Gasteiger partial charge in [0.15, 0.2) is 0 Å². The molecule has 3 rings (SSSR count). The number of hydrogen-bond donors (Lipinski definition) is 2. The molecule has 0 bridgehead atoms. The molecule has 2 heterocycles. The Balaban J connectivity index is 1.53. The summed E-state index contributed by atoms with van der Waals surface area (Å²) < 4.78 is 5.44. The molecule has 1 aliphatic carbocycles. The zero-order valence-electron chi connectivity index (χ0n) is 22.3. The normalized spacial score (nSPS) is 24.5. The second-order valence-electron chi connectivity index (χ2n) is 11.6. The first kappa shape index (κ1) is 26.5. The average molecular weight is 476 g/mol. The standard InChI is InChI=1S/C26H45N5O3/c1-8-25(9-2)18-26(28-22(25)32)12-10-19(11-13-26)21-20(16-27-29-21)17-30(6)14-15-31(7)23(33)34-24(3,4)5/h16,19H,8-15,17-18H2,1-7H3,(H,27,29)(H,28,32)/t19-,26-. The summed E-state index contributed by atoms with van der Waals surface area (Å²) in [7, 11) is 3.84. The van der Waals surface area contributed by atoms with Crippen LogP contribution in [-0.2, 0) is 16.1 Å². The van der Waals surface area contributed by atoms with E-state index in [1.807, 2.05) is 27.0 Å². The van der Waals surface area contributed by atoms with Crippen LogP contribution in [-0.4, -0.2) is 70.3 Å². The minimum atomic E-state index is -0.489. The third-order valence-electron chi connectivity index (χ3n) is 7.94. The van der Waals surface area contributed by atoms with E-state index in [1.54, 1.807) is 11.9 Å². The molecular formula is C26H45N5O3. The summed E-state index contributed by atoms with van der Waals surface area (Å²) in [4.78, 5) is 28.8. The van der Waals surface area contributed by atoms with Gasteiger partial charge in [0.2, 0.25) is 5.91 Å². The van der Waals surface area contributed by atoms with E-state index in [1.165, 1.54) is 5.56 Å². The molecule has 1 saturated heterocycles. The van der Waals surface area contributed by atoms with Gasteiger partial charge in [0.05, 0.1) is 11.1 Å². The van der Waals surface area contributed by atoms with Crippen molar-refractivity contribution in [3.05, 3.63) is 17.5 Å². The van der Waals surface area contributed by atoms with Crippen molar-refractivity contribution in [3.63, 3.8) is 0 Å². The molecule has 1 saturated carbocycles. The summed E-state index contributed by atoms with van der Waals surface area (Å²) in [5, 5.41) is 11.1. The molecule has 2 amide bonds. The highest BCUT2D eigenvalue weighted by atomic mass is 16.6. The summed E-state index contributed by atoms with van der Waals surface area (Å²) in [6.45, 7) is 12.0. The van der Waals surface area contributed by atoms with E-state index in [-0.39, 0.29) is 23.0 Å². The van der Waals surface area contributed by atoms with Gasteiger partial charge in [-0.05, 0) is 72.8 Å². The number of nitrogens with zero attached hydrogens (tertiary/aromatic N) is 3. The maximum atomic E-state index is 12.8. The Hall–Kier alpha value is -2.09. The Morgan fingerprint density at radius 3 is 2.38 bits per heavy atom. The SMILES string of the molecule is CCC1(CC)C[C@]2(CC[C@@H](c3n[nH]cc3CN(C)CCN(C)C(=O)OC(C)(C)C)CC2)NC1=O. The number of hydrogen-bond acceptors (Lipinski definition) is 5. The third kappa shape index (κ3) is 5.93. The van der Waals surface area contributed by atoms with Crippen LogP contribution >= 0.6 is 0 Å². The zero-order valence-corrected chi connectivity index (χ0v) is 22.3. The van der Waals surface area contributed by atoms with Gasteiger partial charge < -0.3 is 19.9 Å². The molecule has 8 nitrogen and oxygen atoms in total. The number of nitrogens with one attached hydrogen (secondary N) is 2. The van der Waals surface area contributed by atoms with Crippen LogP contribution < -0.4 is 5.32 Å². The number of carbonyl (C=O) groups is 2. The lowest BCUT2D eigenvalue weighted by Gasteiger charge is -2.38. The van der Waals surface area contributed by atoms with E-state index < -0.39 is 5.60 Å². The summed E-state index contributed by atoms with van der Waals surface area (Å²) in [6.07, 6.45) is 8.65. The van der Waals surface area contributed by atoms with Gasteiger partial charge in [-0.3, -0.25) is 9.89 Å². The molecule has 0 unspecified atom stereocenters. The molecule has 2 aliphatic rings. The van der Waals surface area contributed by atoms with E-state index in [0.717, 1.165) is 63.7 Å². The zero-order chi connectivity index (χ0) is 25.1. The van der Waals surface area contributed by atoms with Crippen molar-refractivity contribution in [1.82, 2.24) is 25.3 Å². The molecular weight excluding hydrogens is 430 g/mol. The first-order valence-electron chi connectivity index (χ1n) is 12.9. The Morgan fingerprint density at radius 2 is 1.82 bits per heavy atom. The topological polar surface area (TPSA) is 90.6 Å². The van der Waals surface area contributed by atoms with E-state index in [4.69, 9.17) is 4.74 Å². The minimum Gasteiger partial charge on any atom is -0.444 e. The fourth-order valence-electron chi connectivity index (χ4n) is 5.64. The molecule has 1 aromatic rings. The Bertz CT molecular complexity index is 847. The molecule has 1 aromatic heterocycles. The Morgan fingerprint density at radius 1 is 1.18 bits per heavy atom. The van der Waals surface area contributed by atoms with Crippen LogP contribution in [0.5, 0.6) is 0 Å². The number of H-pyrrole nitrogens is 1. The molecule has 0 radical (unpaired) electrons. The fraction of sp³-hybridized carbons (Fsp3) is 0.808. The van der Waals surface area contributed by atoms with Gasteiger partial charge >= 0.3 is 6.09 Å². The van der Waals surface area contributed by atoms with Gasteiger partial charge in [-0.25, -0.2) is 4.79 Å². The van der Waals surface area contributed by atoms with E-state index >= 15 is 0 Å². The minimum absolute atomic E-state index is 0.0287. The van der Waals surface area contributed by atoms with Crippen molar-refractivity contribution in [2.75, 3.05) is 27.2 Å². The summed E-state index contributed by atoms with van der Waals surface area (Å²) >= 11 is 0. The van der Waals surface area contributed by atoms with E-state index in [0.29, 0.717) is 12.5 Å². The lowest BCUT2D eigenvalue weighted by Crippen LogP contribution is -2.44. The van der Waals surface area contributed by atoms with Crippen molar-refractivity contribution in [2.24, 2.45) is 5.41 Å². The van der Waals surface area contributed by atoms with Crippen molar-refractivity contribution in [2.45, 2.75) is 103 Å². The highest BCUT2D eigenvalue weighted by Crippen LogP contribution is 2.49. The van der Waals surface area contributed by atoms with Gasteiger partial charge in [-0.1, -0.05) is 13.8 Å². The summed E-state index contributed by atoms with van der Waals surface area (Å²) in [5.41, 5.74) is 1.68. The van der Waals surface area contributed by atoms with Gasteiger partial charge in [0.1, 0.15) is 5.60 Å².